The van der Waals surface area contributed by atoms with Crippen molar-refractivity contribution in [1.82, 2.24) is 15.1 Å². The zero-order valence-corrected chi connectivity index (χ0v) is 16.1. The van der Waals surface area contributed by atoms with Gasteiger partial charge in [0.05, 0.1) is 19.9 Å². The number of carbonyl (C=O) groups excluding carboxylic acids is 3. The lowest BCUT2D eigenvalue weighted by atomic mass is 10.2. The molecule has 0 spiro atoms. The molecule has 1 aliphatic rings. The third-order valence-electron chi connectivity index (χ3n) is 4.50. The predicted molar refractivity (Wildman–Crippen MR) is 103 cm³/mol. The first kappa shape index (κ1) is 20.2. The third-order valence-corrected chi connectivity index (χ3v) is 4.50. The first-order valence-electron chi connectivity index (χ1n) is 9.25. The maximum absolute atomic E-state index is 12.3. The number of nitrogens with zero attached hydrogens (tertiary/aromatic N) is 2. The van der Waals surface area contributed by atoms with Gasteiger partial charge >= 0.3 is 11.8 Å². The molecule has 3 rings (SSSR count). The quantitative estimate of drug-likeness (QED) is 0.567. The Labute approximate surface area is 168 Å². The average Bonchev–Trinajstić information content (AvgIpc) is 3.31. The fourth-order valence-corrected chi connectivity index (χ4v) is 2.89. The Morgan fingerprint density at radius 3 is 2.28 bits per heavy atom. The van der Waals surface area contributed by atoms with Crippen LogP contribution in [0.15, 0.2) is 47.1 Å². The summed E-state index contributed by atoms with van der Waals surface area (Å²) in [6.45, 7) is 1.71. The van der Waals surface area contributed by atoms with Crippen LogP contribution < -0.4 is 14.8 Å². The number of hydrogen-bond donors (Lipinski definition) is 1. The van der Waals surface area contributed by atoms with Crippen molar-refractivity contribution in [3.8, 4) is 11.5 Å². The maximum Gasteiger partial charge on any atom is 0.312 e. The van der Waals surface area contributed by atoms with Crippen molar-refractivity contribution in [2.45, 2.75) is 0 Å². The summed E-state index contributed by atoms with van der Waals surface area (Å²) in [5, 5.41) is 2.55. The van der Waals surface area contributed by atoms with Crippen molar-refractivity contribution < 1.29 is 28.3 Å². The van der Waals surface area contributed by atoms with Gasteiger partial charge in [-0.2, -0.15) is 0 Å². The smallest absolute Gasteiger partial charge is 0.312 e. The summed E-state index contributed by atoms with van der Waals surface area (Å²) >= 11 is 0. The standard InChI is InChI=1S/C20H23N3O6/c1-27-15-4-6-16(7-5-15)28-14-8-21-18(24)20(26)23-11-9-22(10-12-23)19(25)17-3-2-13-29-17/h2-7,13H,8-12,14H2,1H3,(H,21,24). The lowest BCUT2D eigenvalue weighted by Crippen LogP contribution is -2.54. The van der Waals surface area contributed by atoms with Crippen LogP contribution in [0.3, 0.4) is 0 Å². The highest BCUT2D eigenvalue weighted by atomic mass is 16.5. The zero-order valence-electron chi connectivity index (χ0n) is 16.1. The average molecular weight is 401 g/mol. The molecule has 0 atom stereocenters. The van der Waals surface area contributed by atoms with Crippen molar-refractivity contribution in [2.24, 2.45) is 0 Å². The van der Waals surface area contributed by atoms with Crippen LogP contribution in [-0.2, 0) is 9.59 Å². The van der Waals surface area contributed by atoms with E-state index in [1.54, 1.807) is 48.4 Å². The van der Waals surface area contributed by atoms with Gasteiger partial charge in [-0.1, -0.05) is 0 Å². The molecule has 29 heavy (non-hydrogen) atoms. The van der Waals surface area contributed by atoms with Crippen LogP contribution in [0.4, 0.5) is 0 Å². The number of amides is 3. The molecule has 0 saturated carbocycles. The van der Waals surface area contributed by atoms with Crippen LogP contribution in [0.25, 0.3) is 0 Å². The number of nitrogens with one attached hydrogen (secondary N) is 1. The number of ether oxygens (including phenoxy) is 2. The molecule has 2 heterocycles. The van der Waals surface area contributed by atoms with E-state index in [2.05, 4.69) is 5.32 Å². The van der Waals surface area contributed by atoms with E-state index in [1.807, 2.05) is 0 Å². The number of piperazine rings is 1. The van der Waals surface area contributed by atoms with E-state index in [-0.39, 0.29) is 24.8 Å². The lowest BCUT2D eigenvalue weighted by Gasteiger charge is -2.33. The van der Waals surface area contributed by atoms with Crippen LogP contribution in [-0.4, -0.2) is 74.0 Å². The molecule has 1 N–H and O–H groups in total. The highest BCUT2D eigenvalue weighted by Gasteiger charge is 2.28. The normalized spacial score (nSPS) is 13.7. The fraction of sp³-hybridized carbons (Fsp3) is 0.350. The van der Waals surface area contributed by atoms with Gasteiger partial charge in [0, 0.05) is 26.2 Å². The molecule has 0 radical (unpaired) electrons. The Bertz CT molecular complexity index is 826. The largest absolute Gasteiger partial charge is 0.497 e. The Balaban J connectivity index is 1.37. The Morgan fingerprint density at radius 1 is 1.00 bits per heavy atom. The Kier molecular flexibility index (Phi) is 6.72. The van der Waals surface area contributed by atoms with Crippen molar-refractivity contribution in [3.63, 3.8) is 0 Å². The molecule has 3 amide bonds. The molecule has 1 aromatic carbocycles. The molecule has 0 unspecified atom stereocenters. The highest BCUT2D eigenvalue weighted by molar-refractivity contribution is 6.35. The van der Waals surface area contributed by atoms with Gasteiger partial charge < -0.3 is 29.0 Å². The summed E-state index contributed by atoms with van der Waals surface area (Å²) in [4.78, 5) is 39.6. The fourth-order valence-electron chi connectivity index (χ4n) is 2.89. The van der Waals surface area contributed by atoms with Gasteiger partial charge in [-0.05, 0) is 36.4 Å². The molecule has 9 nitrogen and oxygen atoms in total. The number of benzene rings is 1. The summed E-state index contributed by atoms with van der Waals surface area (Å²) in [6, 6.07) is 10.3. The summed E-state index contributed by atoms with van der Waals surface area (Å²) in [7, 11) is 1.58. The minimum Gasteiger partial charge on any atom is -0.497 e. The molecule has 1 fully saturated rings. The van der Waals surface area contributed by atoms with Gasteiger partial charge in [-0.3, -0.25) is 14.4 Å². The number of hydrogen-bond acceptors (Lipinski definition) is 6. The zero-order chi connectivity index (χ0) is 20.6. The Morgan fingerprint density at radius 2 is 1.66 bits per heavy atom. The summed E-state index contributed by atoms with van der Waals surface area (Å²) in [5.74, 6) is 0.112. The first-order valence-corrected chi connectivity index (χ1v) is 9.25. The van der Waals surface area contributed by atoms with E-state index in [0.717, 1.165) is 5.75 Å². The third kappa shape index (κ3) is 5.28. The van der Waals surface area contributed by atoms with Gasteiger partial charge in [0.1, 0.15) is 18.1 Å². The molecule has 2 aromatic rings. The van der Waals surface area contributed by atoms with E-state index < -0.39 is 11.8 Å². The molecule has 9 heteroatoms. The molecule has 0 bridgehead atoms. The minimum absolute atomic E-state index is 0.202. The second-order valence-corrected chi connectivity index (χ2v) is 6.34. The van der Waals surface area contributed by atoms with Crippen molar-refractivity contribution in [2.75, 3.05) is 46.4 Å². The van der Waals surface area contributed by atoms with Crippen molar-refractivity contribution in [1.29, 1.82) is 0 Å². The van der Waals surface area contributed by atoms with E-state index in [9.17, 15) is 14.4 Å². The van der Waals surface area contributed by atoms with Gasteiger partial charge in [0.15, 0.2) is 5.76 Å². The second-order valence-electron chi connectivity index (χ2n) is 6.34. The Hall–Kier alpha value is -3.49. The molecule has 154 valence electrons. The molecule has 1 aliphatic heterocycles. The van der Waals surface area contributed by atoms with Crippen LogP contribution >= 0.6 is 0 Å². The summed E-state index contributed by atoms with van der Waals surface area (Å²) in [6.07, 6.45) is 1.44. The SMILES string of the molecule is COc1ccc(OCCNC(=O)C(=O)N2CCN(C(=O)c3ccco3)CC2)cc1. The topological polar surface area (TPSA) is 101 Å². The number of methoxy groups -OCH3 is 1. The van der Waals surface area contributed by atoms with Crippen molar-refractivity contribution in [3.05, 3.63) is 48.4 Å². The molecule has 0 aliphatic carbocycles. The number of rotatable bonds is 6. The van der Waals surface area contributed by atoms with Crippen LogP contribution in [0.2, 0.25) is 0 Å². The van der Waals surface area contributed by atoms with Crippen LogP contribution in [0.1, 0.15) is 10.6 Å². The first-order chi connectivity index (χ1) is 14.1. The van der Waals surface area contributed by atoms with Gasteiger partial charge in [-0.15, -0.1) is 0 Å². The maximum atomic E-state index is 12.3. The van der Waals surface area contributed by atoms with Crippen LogP contribution in [0, 0.1) is 0 Å². The molecular formula is C20H23N3O6. The number of furan rings is 1. The van der Waals surface area contributed by atoms with E-state index >= 15 is 0 Å². The van der Waals surface area contributed by atoms with Gasteiger partial charge in [0.25, 0.3) is 5.91 Å². The van der Waals surface area contributed by atoms with Gasteiger partial charge in [-0.25, -0.2) is 0 Å². The summed E-state index contributed by atoms with van der Waals surface area (Å²) in [5.41, 5.74) is 0. The van der Waals surface area contributed by atoms with Crippen molar-refractivity contribution >= 4 is 17.7 Å². The number of carbonyl (C=O) groups is 3. The predicted octanol–water partition coefficient (Wildman–Crippen LogP) is 0.768. The van der Waals surface area contributed by atoms with Gasteiger partial charge in [0.2, 0.25) is 0 Å². The highest BCUT2D eigenvalue weighted by Crippen LogP contribution is 2.16. The molecule has 1 saturated heterocycles. The minimum atomic E-state index is -0.686. The van der Waals surface area contributed by atoms with E-state index in [0.29, 0.717) is 31.9 Å². The van der Waals surface area contributed by atoms with E-state index in [1.165, 1.54) is 11.2 Å². The van der Waals surface area contributed by atoms with E-state index in [4.69, 9.17) is 13.9 Å². The molecular weight excluding hydrogens is 378 g/mol. The molecule has 1 aromatic heterocycles. The van der Waals surface area contributed by atoms with Crippen LogP contribution in [0.5, 0.6) is 11.5 Å². The summed E-state index contributed by atoms with van der Waals surface area (Å²) < 4.78 is 15.7. The second kappa shape index (κ2) is 9.63. The monoisotopic (exact) mass is 401 g/mol. The lowest BCUT2D eigenvalue weighted by molar-refractivity contribution is -0.146.